The number of anilines is 1. The molecule has 188 valence electrons. The Labute approximate surface area is 218 Å². The van der Waals surface area contributed by atoms with Gasteiger partial charge in [0.25, 0.3) is 0 Å². The minimum Gasteiger partial charge on any atom is -0.309 e. The van der Waals surface area contributed by atoms with Crippen molar-refractivity contribution in [1.82, 2.24) is 20.1 Å². The molecule has 0 radical (unpaired) electrons. The average molecular weight is 493 g/mol. The van der Waals surface area contributed by atoms with Crippen molar-refractivity contribution < 1.29 is 4.79 Å². The zero-order chi connectivity index (χ0) is 26.4. The standard InChI is InChI=1S/C30H32N6O/c1-21(23-12-10-22(16-31)11-13-23)17-33-28(24-8-6-5-7-9-24)29(37)35-27-15-14-25(18-32-27)26-19-34-36(20-26)30(2,3)4/h5-15,18-21,28,33H,17H2,1-4H3,(H,32,35,37)/t21-,28-/m0/s1. The number of rotatable bonds is 8. The summed E-state index contributed by atoms with van der Waals surface area (Å²) in [6, 6.07) is 22.5. The smallest absolute Gasteiger partial charge is 0.247 e. The van der Waals surface area contributed by atoms with E-state index in [9.17, 15) is 4.79 Å². The van der Waals surface area contributed by atoms with Gasteiger partial charge in [-0.25, -0.2) is 4.98 Å². The fourth-order valence-electron chi connectivity index (χ4n) is 3.98. The Morgan fingerprint density at radius 2 is 1.70 bits per heavy atom. The van der Waals surface area contributed by atoms with Gasteiger partial charge < -0.3 is 10.6 Å². The van der Waals surface area contributed by atoms with Gasteiger partial charge in [-0.3, -0.25) is 9.48 Å². The van der Waals surface area contributed by atoms with Crippen molar-refractivity contribution in [1.29, 1.82) is 5.26 Å². The highest BCUT2D eigenvalue weighted by Crippen LogP contribution is 2.23. The zero-order valence-electron chi connectivity index (χ0n) is 21.6. The lowest BCUT2D eigenvalue weighted by Crippen LogP contribution is -2.35. The summed E-state index contributed by atoms with van der Waals surface area (Å²) in [7, 11) is 0. The highest BCUT2D eigenvalue weighted by Gasteiger charge is 2.22. The first-order valence-corrected chi connectivity index (χ1v) is 12.4. The predicted molar refractivity (Wildman–Crippen MR) is 146 cm³/mol. The lowest BCUT2D eigenvalue weighted by molar-refractivity contribution is -0.118. The molecule has 0 fully saturated rings. The van der Waals surface area contributed by atoms with E-state index in [0.717, 1.165) is 22.3 Å². The van der Waals surface area contributed by atoms with E-state index < -0.39 is 6.04 Å². The van der Waals surface area contributed by atoms with Crippen LogP contribution in [0.2, 0.25) is 0 Å². The van der Waals surface area contributed by atoms with Crippen molar-refractivity contribution in [2.75, 3.05) is 11.9 Å². The number of pyridine rings is 1. The minimum absolute atomic E-state index is 0.101. The summed E-state index contributed by atoms with van der Waals surface area (Å²) >= 11 is 0. The maximum Gasteiger partial charge on any atom is 0.247 e. The van der Waals surface area contributed by atoms with Crippen molar-refractivity contribution >= 4 is 11.7 Å². The zero-order valence-corrected chi connectivity index (χ0v) is 21.6. The molecule has 0 aliphatic rings. The average Bonchev–Trinajstić information content (AvgIpc) is 3.41. The third-order valence-electron chi connectivity index (χ3n) is 6.25. The number of amides is 1. The van der Waals surface area contributed by atoms with Crippen LogP contribution in [0.25, 0.3) is 11.1 Å². The van der Waals surface area contributed by atoms with Crippen molar-refractivity contribution in [2.45, 2.75) is 45.2 Å². The van der Waals surface area contributed by atoms with Gasteiger partial charge in [-0.2, -0.15) is 10.4 Å². The Bertz CT molecular complexity index is 1360. The van der Waals surface area contributed by atoms with Gasteiger partial charge >= 0.3 is 0 Å². The Morgan fingerprint density at radius 3 is 2.30 bits per heavy atom. The molecule has 0 spiro atoms. The van der Waals surface area contributed by atoms with Crippen LogP contribution in [-0.2, 0) is 10.3 Å². The summed E-state index contributed by atoms with van der Waals surface area (Å²) in [5.41, 5.74) is 4.41. The van der Waals surface area contributed by atoms with Crippen LogP contribution in [-0.4, -0.2) is 27.2 Å². The maximum atomic E-state index is 13.4. The van der Waals surface area contributed by atoms with E-state index in [1.807, 2.05) is 83.8 Å². The summed E-state index contributed by atoms with van der Waals surface area (Å²) in [4.78, 5) is 17.8. The first kappa shape index (κ1) is 25.8. The molecular formula is C30H32N6O. The number of nitrogens with zero attached hydrogens (tertiary/aromatic N) is 4. The second kappa shape index (κ2) is 11.2. The van der Waals surface area contributed by atoms with E-state index in [4.69, 9.17) is 5.26 Å². The molecule has 0 saturated carbocycles. The van der Waals surface area contributed by atoms with Gasteiger partial charge in [-0.15, -0.1) is 0 Å². The Hall–Kier alpha value is -4.28. The molecule has 1 amide bonds. The van der Waals surface area contributed by atoms with E-state index in [0.29, 0.717) is 17.9 Å². The number of carbonyl (C=O) groups excluding carboxylic acids is 1. The van der Waals surface area contributed by atoms with Crippen LogP contribution in [0.1, 0.15) is 56.3 Å². The van der Waals surface area contributed by atoms with Gasteiger partial charge in [0.15, 0.2) is 0 Å². The van der Waals surface area contributed by atoms with Gasteiger partial charge in [-0.1, -0.05) is 49.4 Å². The van der Waals surface area contributed by atoms with E-state index in [1.165, 1.54) is 0 Å². The van der Waals surface area contributed by atoms with E-state index in [2.05, 4.69) is 54.5 Å². The third kappa shape index (κ3) is 6.49. The second-order valence-electron chi connectivity index (χ2n) is 10.2. The molecule has 2 aromatic carbocycles. The summed E-state index contributed by atoms with van der Waals surface area (Å²) in [5, 5.41) is 19.9. The van der Waals surface area contributed by atoms with Crippen LogP contribution in [0.4, 0.5) is 5.82 Å². The fourth-order valence-corrected chi connectivity index (χ4v) is 3.98. The van der Waals surface area contributed by atoms with Crippen molar-refractivity contribution in [3.05, 3.63) is 102 Å². The molecule has 0 saturated heterocycles. The molecule has 2 N–H and O–H groups in total. The van der Waals surface area contributed by atoms with Gasteiger partial charge in [0.2, 0.25) is 5.91 Å². The summed E-state index contributed by atoms with van der Waals surface area (Å²) in [6.45, 7) is 8.98. The van der Waals surface area contributed by atoms with Crippen molar-refractivity contribution in [3.8, 4) is 17.2 Å². The quantitative estimate of drug-likeness (QED) is 0.332. The van der Waals surface area contributed by atoms with Crippen molar-refractivity contribution in [2.24, 2.45) is 0 Å². The lowest BCUT2D eigenvalue weighted by Gasteiger charge is -2.21. The fraction of sp³-hybridized carbons (Fsp3) is 0.267. The number of hydrogen-bond donors (Lipinski definition) is 2. The number of aromatic nitrogens is 3. The second-order valence-corrected chi connectivity index (χ2v) is 10.2. The molecule has 2 heterocycles. The Morgan fingerprint density at radius 1 is 0.973 bits per heavy atom. The Balaban J connectivity index is 1.45. The molecule has 2 atom stereocenters. The van der Waals surface area contributed by atoms with Gasteiger partial charge in [-0.05, 0) is 62.1 Å². The largest absolute Gasteiger partial charge is 0.309 e. The first-order chi connectivity index (χ1) is 17.7. The number of nitriles is 1. The number of benzene rings is 2. The van der Waals surface area contributed by atoms with Crippen LogP contribution < -0.4 is 10.6 Å². The third-order valence-corrected chi connectivity index (χ3v) is 6.25. The van der Waals surface area contributed by atoms with Gasteiger partial charge in [0.05, 0.1) is 23.4 Å². The maximum absolute atomic E-state index is 13.4. The molecule has 0 unspecified atom stereocenters. The van der Waals surface area contributed by atoms with Crippen LogP contribution >= 0.6 is 0 Å². The first-order valence-electron chi connectivity index (χ1n) is 12.4. The van der Waals surface area contributed by atoms with E-state index >= 15 is 0 Å². The van der Waals surface area contributed by atoms with Crippen LogP contribution in [0.5, 0.6) is 0 Å². The number of nitrogens with one attached hydrogen (secondary N) is 2. The molecule has 4 rings (SSSR count). The molecular weight excluding hydrogens is 460 g/mol. The Kier molecular flexibility index (Phi) is 7.80. The van der Waals surface area contributed by atoms with Gasteiger partial charge in [0.1, 0.15) is 11.9 Å². The molecule has 0 bridgehead atoms. The molecule has 7 nitrogen and oxygen atoms in total. The lowest BCUT2D eigenvalue weighted by atomic mass is 9.98. The summed E-state index contributed by atoms with van der Waals surface area (Å²) < 4.78 is 1.92. The minimum atomic E-state index is -0.548. The summed E-state index contributed by atoms with van der Waals surface area (Å²) in [5.74, 6) is 0.456. The highest BCUT2D eigenvalue weighted by atomic mass is 16.2. The summed E-state index contributed by atoms with van der Waals surface area (Å²) in [6.07, 6.45) is 5.57. The van der Waals surface area contributed by atoms with E-state index in [-0.39, 0.29) is 17.4 Å². The van der Waals surface area contributed by atoms with Crippen LogP contribution in [0.15, 0.2) is 85.3 Å². The van der Waals surface area contributed by atoms with Crippen LogP contribution in [0.3, 0.4) is 0 Å². The molecule has 0 aliphatic carbocycles. The monoisotopic (exact) mass is 492 g/mol. The molecule has 2 aromatic heterocycles. The molecule has 0 aliphatic heterocycles. The van der Waals surface area contributed by atoms with Gasteiger partial charge in [0, 0.05) is 30.1 Å². The van der Waals surface area contributed by atoms with Crippen molar-refractivity contribution in [3.63, 3.8) is 0 Å². The molecule has 37 heavy (non-hydrogen) atoms. The van der Waals surface area contributed by atoms with E-state index in [1.54, 1.807) is 6.20 Å². The molecule has 4 aromatic rings. The van der Waals surface area contributed by atoms with Crippen LogP contribution in [0, 0.1) is 11.3 Å². The topological polar surface area (TPSA) is 95.6 Å². The number of carbonyl (C=O) groups is 1. The number of hydrogen-bond acceptors (Lipinski definition) is 5. The normalized spacial score (nSPS) is 12.9. The highest BCUT2D eigenvalue weighted by molar-refractivity contribution is 5.95. The SMILES string of the molecule is C[C@@H](CN[C@H](C(=O)Nc1ccc(-c2cnn(C(C)(C)C)c2)cn1)c1ccccc1)c1ccc(C#N)cc1. The predicted octanol–water partition coefficient (Wildman–Crippen LogP) is 5.64. The molecule has 7 heteroatoms.